The zero-order valence-corrected chi connectivity index (χ0v) is 13.4. The lowest BCUT2D eigenvalue weighted by molar-refractivity contribution is 0.318. The molecule has 0 saturated heterocycles. The van der Waals surface area contributed by atoms with E-state index in [2.05, 4.69) is 15.1 Å². The summed E-state index contributed by atoms with van der Waals surface area (Å²) in [7, 11) is 0. The number of aromatic amines is 1. The summed E-state index contributed by atoms with van der Waals surface area (Å²) < 4.78 is 41.1. The number of halogens is 4. The second-order valence-corrected chi connectivity index (χ2v) is 5.71. The van der Waals surface area contributed by atoms with E-state index in [9.17, 15) is 18.4 Å². The lowest BCUT2D eigenvalue weighted by Gasteiger charge is -2.08. The number of oxime groups is 1. The number of aromatic nitrogens is 2. The molecule has 3 rings (SSSR count). The van der Waals surface area contributed by atoms with Gasteiger partial charge in [-0.1, -0.05) is 22.8 Å². The molecule has 3 aromatic rings. The molecular formula is C16H12ClF3N4O. The van der Waals surface area contributed by atoms with Gasteiger partial charge in [-0.15, -0.1) is 0 Å². The van der Waals surface area contributed by atoms with Crippen LogP contribution in [0, 0.1) is 17.5 Å². The van der Waals surface area contributed by atoms with Crippen LogP contribution in [0.2, 0.25) is 5.02 Å². The van der Waals surface area contributed by atoms with Crippen molar-refractivity contribution in [2.45, 2.75) is 13.0 Å². The number of hydrogen-bond donors (Lipinski definition) is 3. The van der Waals surface area contributed by atoms with Gasteiger partial charge in [-0.2, -0.15) is 0 Å². The van der Waals surface area contributed by atoms with Gasteiger partial charge in [-0.05, 0) is 23.8 Å². The van der Waals surface area contributed by atoms with Crippen molar-refractivity contribution in [3.63, 3.8) is 0 Å². The first-order valence-corrected chi connectivity index (χ1v) is 7.54. The molecule has 0 aliphatic carbocycles. The van der Waals surface area contributed by atoms with Crippen molar-refractivity contribution >= 4 is 28.3 Å². The predicted molar refractivity (Wildman–Crippen MR) is 87.3 cm³/mol. The van der Waals surface area contributed by atoms with E-state index in [0.717, 1.165) is 12.1 Å². The molecule has 0 amide bonds. The molecule has 0 aliphatic rings. The molecule has 5 nitrogen and oxygen atoms in total. The van der Waals surface area contributed by atoms with Crippen molar-refractivity contribution in [2.24, 2.45) is 10.9 Å². The zero-order valence-electron chi connectivity index (χ0n) is 12.7. The number of nitrogens with two attached hydrogens (primary N) is 1. The SMILES string of the molecule is NCc1nc2c(F)c(F)cc(/C(Cc3ccc(F)c(Cl)c3)=N/O)c2[nH]1. The largest absolute Gasteiger partial charge is 0.411 e. The van der Waals surface area contributed by atoms with Gasteiger partial charge in [0.1, 0.15) is 17.2 Å². The minimum atomic E-state index is -1.14. The van der Waals surface area contributed by atoms with Crippen molar-refractivity contribution in [1.82, 2.24) is 9.97 Å². The van der Waals surface area contributed by atoms with Crippen molar-refractivity contribution < 1.29 is 18.4 Å². The first-order chi connectivity index (χ1) is 11.9. The summed E-state index contributed by atoms with van der Waals surface area (Å²) in [6, 6.07) is 4.87. The van der Waals surface area contributed by atoms with E-state index in [1.807, 2.05) is 0 Å². The molecule has 0 atom stereocenters. The average Bonchev–Trinajstić information content (AvgIpc) is 3.04. The molecular weight excluding hydrogens is 357 g/mol. The Morgan fingerprint density at radius 2 is 2.00 bits per heavy atom. The van der Waals surface area contributed by atoms with E-state index < -0.39 is 17.5 Å². The molecule has 25 heavy (non-hydrogen) atoms. The molecule has 130 valence electrons. The Bertz CT molecular complexity index is 987. The van der Waals surface area contributed by atoms with Crippen molar-refractivity contribution in [1.29, 1.82) is 0 Å². The molecule has 0 unspecified atom stereocenters. The van der Waals surface area contributed by atoms with Gasteiger partial charge in [0.25, 0.3) is 0 Å². The smallest absolute Gasteiger partial charge is 0.186 e. The van der Waals surface area contributed by atoms with E-state index >= 15 is 0 Å². The first kappa shape index (κ1) is 17.2. The number of nitrogens with zero attached hydrogens (tertiary/aromatic N) is 2. The minimum Gasteiger partial charge on any atom is -0.411 e. The number of benzene rings is 2. The Balaban J connectivity index is 2.10. The van der Waals surface area contributed by atoms with Gasteiger partial charge < -0.3 is 15.9 Å². The summed E-state index contributed by atoms with van der Waals surface area (Å²) in [5.74, 6) is -2.61. The normalized spacial score (nSPS) is 12.1. The summed E-state index contributed by atoms with van der Waals surface area (Å²) in [5, 5.41) is 12.4. The Morgan fingerprint density at radius 1 is 1.24 bits per heavy atom. The van der Waals surface area contributed by atoms with E-state index in [-0.39, 0.29) is 46.1 Å². The number of nitrogens with one attached hydrogen (secondary N) is 1. The van der Waals surface area contributed by atoms with E-state index in [4.69, 9.17) is 17.3 Å². The van der Waals surface area contributed by atoms with Gasteiger partial charge >= 0.3 is 0 Å². The van der Waals surface area contributed by atoms with Crippen molar-refractivity contribution in [2.75, 3.05) is 0 Å². The Morgan fingerprint density at radius 3 is 2.64 bits per heavy atom. The molecule has 0 aliphatic heterocycles. The maximum Gasteiger partial charge on any atom is 0.186 e. The maximum absolute atomic E-state index is 14.0. The zero-order chi connectivity index (χ0) is 18.1. The minimum absolute atomic E-state index is 0.00560. The molecule has 0 fully saturated rings. The molecule has 0 spiro atoms. The lowest BCUT2D eigenvalue weighted by atomic mass is 10.0. The Labute approximate surface area is 144 Å². The number of hydrogen-bond acceptors (Lipinski definition) is 4. The molecule has 2 aromatic carbocycles. The van der Waals surface area contributed by atoms with Crippen LogP contribution < -0.4 is 5.73 Å². The van der Waals surface area contributed by atoms with Crippen molar-refractivity contribution in [3.05, 3.63) is 63.7 Å². The standard InChI is InChI=1S/C16H12ClF3N4O/c17-9-3-7(1-2-10(9)18)4-12(24-25)8-5-11(19)14(20)16-15(8)22-13(6-21)23-16/h1-3,5,25H,4,6,21H2,(H,22,23)/b24-12+. The van der Waals surface area contributed by atoms with Gasteiger partial charge in [0.2, 0.25) is 0 Å². The molecule has 0 bridgehead atoms. The average molecular weight is 369 g/mol. The topological polar surface area (TPSA) is 87.3 Å². The van der Waals surface area contributed by atoms with Gasteiger partial charge in [0.15, 0.2) is 11.6 Å². The summed E-state index contributed by atoms with van der Waals surface area (Å²) in [4.78, 5) is 6.68. The Hall–Kier alpha value is -2.58. The number of imidazole rings is 1. The van der Waals surface area contributed by atoms with Crippen molar-refractivity contribution in [3.8, 4) is 0 Å². The number of fused-ring (bicyclic) bond motifs is 1. The van der Waals surface area contributed by atoms with Crippen LogP contribution in [-0.2, 0) is 13.0 Å². The summed E-state index contributed by atoms with van der Waals surface area (Å²) >= 11 is 5.73. The molecule has 9 heteroatoms. The lowest BCUT2D eigenvalue weighted by Crippen LogP contribution is -2.08. The van der Waals surface area contributed by atoms with Gasteiger partial charge in [-0.25, -0.2) is 18.2 Å². The van der Waals surface area contributed by atoms with Crippen LogP contribution in [0.3, 0.4) is 0 Å². The fourth-order valence-corrected chi connectivity index (χ4v) is 2.71. The number of rotatable bonds is 4. The molecule has 0 saturated carbocycles. The summed E-state index contributed by atoms with van der Waals surface area (Å²) in [6.45, 7) is -0.00560. The van der Waals surface area contributed by atoms with E-state index in [1.54, 1.807) is 0 Å². The van der Waals surface area contributed by atoms with Crippen LogP contribution in [0.5, 0.6) is 0 Å². The molecule has 0 radical (unpaired) electrons. The first-order valence-electron chi connectivity index (χ1n) is 7.16. The summed E-state index contributed by atoms with van der Waals surface area (Å²) in [6.07, 6.45) is 0.00759. The summed E-state index contributed by atoms with van der Waals surface area (Å²) in [5.41, 5.74) is 6.05. The van der Waals surface area contributed by atoms with Gasteiger partial charge in [0.05, 0.1) is 22.8 Å². The van der Waals surface area contributed by atoms with Gasteiger partial charge in [0, 0.05) is 12.0 Å². The third kappa shape index (κ3) is 3.18. The third-order valence-corrected chi connectivity index (χ3v) is 3.98. The van der Waals surface area contributed by atoms with Gasteiger partial charge in [-0.3, -0.25) is 0 Å². The van der Waals surface area contributed by atoms with Crippen LogP contribution in [0.1, 0.15) is 17.0 Å². The van der Waals surface area contributed by atoms with Crippen LogP contribution >= 0.6 is 11.6 Å². The van der Waals surface area contributed by atoms with E-state index in [0.29, 0.717) is 5.56 Å². The molecule has 1 heterocycles. The highest BCUT2D eigenvalue weighted by Gasteiger charge is 2.20. The predicted octanol–water partition coefficient (Wildman–Crippen LogP) is 3.51. The van der Waals surface area contributed by atoms with Crippen LogP contribution in [0.15, 0.2) is 29.4 Å². The van der Waals surface area contributed by atoms with Crippen LogP contribution in [-0.4, -0.2) is 20.9 Å². The van der Waals surface area contributed by atoms with Crippen LogP contribution in [0.4, 0.5) is 13.2 Å². The Kier molecular flexibility index (Phi) is 4.65. The fraction of sp³-hybridized carbons (Fsp3) is 0.125. The monoisotopic (exact) mass is 368 g/mol. The second kappa shape index (κ2) is 6.73. The fourth-order valence-electron chi connectivity index (χ4n) is 2.50. The highest BCUT2D eigenvalue weighted by molar-refractivity contribution is 6.30. The number of H-pyrrole nitrogens is 1. The van der Waals surface area contributed by atoms with Crippen LogP contribution in [0.25, 0.3) is 11.0 Å². The second-order valence-electron chi connectivity index (χ2n) is 5.30. The quantitative estimate of drug-likeness (QED) is 0.374. The third-order valence-electron chi connectivity index (χ3n) is 3.69. The molecule has 4 N–H and O–H groups in total. The van der Waals surface area contributed by atoms with E-state index in [1.165, 1.54) is 12.1 Å². The highest BCUT2D eigenvalue weighted by atomic mass is 35.5. The molecule has 1 aromatic heterocycles. The maximum atomic E-state index is 14.0. The highest BCUT2D eigenvalue weighted by Crippen LogP contribution is 2.25.